The highest BCUT2D eigenvalue weighted by atomic mass is 35.5. The largest absolute Gasteiger partial charge is 0.493 e. The zero-order valence-electron chi connectivity index (χ0n) is 17.8. The third-order valence-electron chi connectivity index (χ3n) is 5.15. The van der Waals surface area contributed by atoms with E-state index in [4.69, 9.17) is 37.3 Å². The first-order chi connectivity index (χ1) is 16.0. The number of allylic oxidation sites excluding steroid dienone is 1. The SMILES string of the molecule is COc1cccc([C@@H]2C(C#N)=C(N)Oc3nc(SCc4ccccc4Cl)nc(N)c32)c1OC. The Morgan fingerprint density at radius 1 is 1.12 bits per heavy atom. The number of halogens is 1. The molecule has 1 aliphatic rings. The van der Waals surface area contributed by atoms with Crippen LogP contribution in [-0.4, -0.2) is 24.2 Å². The summed E-state index contributed by atoms with van der Waals surface area (Å²) in [5.74, 6) is 1.12. The summed E-state index contributed by atoms with van der Waals surface area (Å²) >= 11 is 7.61. The van der Waals surface area contributed by atoms with Gasteiger partial charge in [-0.15, -0.1) is 0 Å². The maximum atomic E-state index is 9.85. The first-order valence-electron chi connectivity index (χ1n) is 9.80. The van der Waals surface area contributed by atoms with Crippen molar-refractivity contribution >= 4 is 29.2 Å². The molecule has 0 amide bonds. The van der Waals surface area contributed by atoms with Gasteiger partial charge in [0.25, 0.3) is 0 Å². The molecule has 0 radical (unpaired) electrons. The van der Waals surface area contributed by atoms with Crippen LogP contribution in [-0.2, 0) is 5.75 Å². The van der Waals surface area contributed by atoms with Crippen molar-refractivity contribution in [1.82, 2.24) is 9.97 Å². The Labute approximate surface area is 200 Å². The lowest BCUT2D eigenvalue weighted by atomic mass is 9.84. The van der Waals surface area contributed by atoms with Crippen molar-refractivity contribution in [3.8, 4) is 23.4 Å². The molecule has 0 bridgehead atoms. The van der Waals surface area contributed by atoms with E-state index in [0.29, 0.717) is 38.6 Å². The highest BCUT2D eigenvalue weighted by molar-refractivity contribution is 7.98. The van der Waals surface area contributed by atoms with E-state index in [1.54, 1.807) is 12.1 Å². The van der Waals surface area contributed by atoms with E-state index in [1.807, 2.05) is 30.3 Å². The van der Waals surface area contributed by atoms with Crippen molar-refractivity contribution in [2.45, 2.75) is 16.8 Å². The third kappa shape index (κ3) is 4.23. The van der Waals surface area contributed by atoms with Crippen molar-refractivity contribution in [1.29, 1.82) is 5.26 Å². The van der Waals surface area contributed by atoms with Crippen LogP contribution < -0.4 is 25.7 Å². The van der Waals surface area contributed by atoms with Gasteiger partial charge < -0.3 is 25.7 Å². The lowest BCUT2D eigenvalue weighted by Gasteiger charge is -2.28. The molecule has 1 atom stereocenters. The smallest absolute Gasteiger partial charge is 0.231 e. The summed E-state index contributed by atoms with van der Waals surface area (Å²) in [7, 11) is 3.06. The minimum absolute atomic E-state index is 0.0555. The minimum Gasteiger partial charge on any atom is -0.493 e. The highest BCUT2D eigenvalue weighted by Crippen LogP contribution is 2.48. The first kappa shape index (κ1) is 22.6. The van der Waals surface area contributed by atoms with Crippen molar-refractivity contribution < 1.29 is 14.2 Å². The van der Waals surface area contributed by atoms with Crippen LogP contribution in [0.25, 0.3) is 0 Å². The number of benzene rings is 2. The molecule has 4 rings (SSSR count). The van der Waals surface area contributed by atoms with Crippen molar-refractivity contribution in [3.63, 3.8) is 0 Å². The van der Waals surface area contributed by atoms with Crippen LogP contribution >= 0.6 is 23.4 Å². The van der Waals surface area contributed by atoms with E-state index in [9.17, 15) is 5.26 Å². The third-order valence-corrected chi connectivity index (χ3v) is 6.41. The number of methoxy groups -OCH3 is 2. The summed E-state index contributed by atoms with van der Waals surface area (Å²) in [5.41, 5.74) is 14.7. The Balaban J connectivity index is 1.79. The molecule has 8 nitrogen and oxygen atoms in total. The lowest BCUT2D eigenvalue weighted by molar-refractivity contribution is 0.347. The van der Waals surface area contributed by atoms with Crippen molar-refractivity contribution in [2.75, 3.05) is 20.0 Å². The average Bonchev–Trinajstić information content (AvgIpc) is 2.82. The topological polar surface area (TPSA) is 129 Å². The Morgan fingerprint density at radius 2 is 1.91 bits per heavy atom. The van der Waals surface area contributed by atoms with E-state index in [1.165, 1.54) is 26.0 Å². The number of aromatic nitrogens is 2. The number of hydrogen-bond acceptors (Lipinski definition) is 9. The lowest BCUT2D eigenvalue weighted by Crippen LogP contribution is -2.24. The molecule has 0 unspecified atom stereocenters. The number of nitrogens with two attached hydrogens (primary N) is 2. The van der Waals surface area contributed by atoms with Gasteiger partial charge in [0.1, 0.15) is 17.5 Å². The van der Waals surface area contributed by atoms with E-state index in [-0.39, 0.29) is 23.2 Å². The number of ether oxygens (including phenoxy) is 3. The molecule has 0 fully saturated rings. The number of thioether (sulfide) groups is 1. The zero-order valence-corrected chi connectivity index (χ0v) is 19.4. The van der Waals surface area contributed by atoms with Gasteiger partial charge in [0, 0.05) is 16.3 Å². The van der Waals surface area contributed by atoms with Gasteiger partial charge in [-0.1, -0.05) is 53.7 Å². The molecule has 10 heteroatoms. The number of anilines is 1. The van der Waals surface area contributed by atoms with Crippen LogP contribution in [0.5, 0.6) is 17.4 Å². The molecule has 1 aromatic heterocycles. The Hall–Kier alpha value is -3.61. The second-order valence-electron chi connectivity index (χ2n) is 7.00. The molecular weight excluding hydrogens is 462 g/mol. The van der Waals surface area contributed by atoms with Gasteiger partial charge in [0.2, 0.25) is 11.8 Å². The van der Waals surface area contributed by atoms with Crippen LogP contribution in [0.4, 0.5) is 5.82 Å². The fraction of sp³-hybridized carbons (Fsp3) is 0.174. The van der Waals surface area contributed by atoms with Gasteiger partial charge >= 0.3 is 0 Å². The monoisotopic (exact) mass is 481 g/mol. The second kappa shape index (κ2) is 9.48. The minimum atomic E-state index is -0.689. The maximum absolute atomic E-state index is 9.85. The first-order valence-corrected chi connectivity index (χ1v) is 11.2. The van der Waals surface area contributed by atoms with Crippen molar-refractivity contribution in [3.05, 3.63) is 75.6 Å². The number of rotatable bonds is 6. The predicted octanol–water partition coefficient (Wildman–Crippen LogP) is 4.24. The highest BCUT2D eigenvalue weighted by Gasteiger charge is 2.37. The van der Waals surface area contributed by atoms with E-state index >= 15 is 0 Å². The summed E-state index contributed by atoms with van der Waals surface area (Å²) in [5, 5.41) is 10.9. The molecule has 0 aliphatic carbocycles. The Bertz CT molecular complexity index is 1290. The fourth-order valence-corrected chi connectivity index (χ4v) is 4.76. The van der Waals surface area contributed by atoms with Crippen LogP contribution in [0.2, 0.25) is 5.02 Å². The van der Waals surface area contributed by atoms with E-state index < -0.39 is 5.92 Å². The predicted molar refractivity (Wildman–Crippen MR) is 126 cm³/mol. The molecule has 0 saturated carbocycles. The standard InChI is InChI=1S/C23H20ClN5O3S/c1-30-16-9-5-7-13(19(16)31-2)17-14(10-25)21(27)32-22-18(17)20(26)28-23(29-22)33-11-12-6-3-4-8-15(12)24/h3-9,17H,11,27H2,1-2H3,(H2,26,28,29)/t17-/m1/s1. The molecule has 2 heterocycles. The quantitative estimate of drug-likeness (QED) is 0.392. The molecular formula is C23H20ClN5O3S. The summed E-state index contributed by atoms with van der Waals surface area (Å²) in [4.78, 5) is 8.98. The molecule has 0 spiro atoms. The Morgan fingerprint density at radius 3 is 2.61 bits per heavy atom. The number of nitrogens with zero attached hydrogens (tertiary/aromatic N) is 3. The number of fused-ring (bicyclic) bond motifs is 1. The molecule has 3 aromatic rings. The molecule has 33 heavy (non-hydrogen) atoms. The number of hydrogen-bond donors (Lipinski definition) is 2. The summed E-state index contributed by atoms with van der Waals surface area (Å²) in [6, 6.07) is 15.0. The number of para-hydroxylation sites is 1. The molecule has 1 aliphatic heterocycles. The van der Waals surface area contributed by atoms with Gasteiger partial charge in [-0.05, 0) is 17.7 Å². The normalized spacial score (nSPS) is 14.8. The molecule has 4 N–H and O–H groups in total. The van der Waals surface area contributed by atoms with Crippen LogP contribution in [0, 0.1) is 11.3 Å². The van der Waals surface area contributed by atoms with Gasteiger partial charge in [-0.3, -0.25) is 0 Å². The second-order valence-corrected chi connectivity index (χ2v) is 8.35. The van der Waals surface area contributed by atoms with Gasteiger partial charge in [0.05, 0.1) is 25.7 Å². The zero-order chi connectivity index (χ0) is 23.5. The van der Waals surface area contributed by atoms with Gasteiger partial charge in [-0.2, -0.15) is 10.2 Å². The average molecular weight is 482 g/mol. The summed E-state index contributed by atoms with van der Waals surface area (Å²) in [6.07, 6.45) is 0. The van der Waals surface area contributed by atoms with E-state index in [2.05, 4.69) is 16.0 Å². The van der Waals surface area contributed by atoms with Gasteiger partial charge in [-0.25, -0.2) is 4.98 Å². The van der Waals surface area contributed by atoms with Crippen molar-refractivity contribution in [2.24, 2.45) is 5.73 Å². The fourth-order valence-electron chi connectivity index (χ4n) is 3.63. The van der Waals surface area contributed by atoms with Crippen LogP contribution in [0.1, 0.15) is 22.6 Å². The van der Waals surface area contributed by atoms with E-state index in [0.717, 1.165) is 5.56 Å². The van der Waals surface area contributed by atoms with Crippen LogP contribution in [0.3, 0.4) is 0 Å². The number of nitriles is 1. The molecule has 2 aromatic carbocycles. The summed E-state index contributed by atoms with van der Waals surface area (Å²) in [6.45, 7) is 0. The molecule has 0 saturated heterocycles. The number of nitrogen functional groups attached to an aromatic ring is 1. The molecule has 168 valence electrons. The Kier molecular flexibility index (Phi) is 6.49. The maximum Gasteiger partial charge on any atom is 0.231 e. The van der Waals surface area contributed by atoms with Crippen LogP contribution in [0.15, 0.2) is 59.1 Å². The van der Waals surface area contributed by atoms with Gasteiger partial charge in [0.15, 0.2) is 16.7 Å². The summed E-state index contributed by atoms with van der Waals surface area (Å²) < 4.78 is 16.7.